The van der Waals surface area contributed by atoms with E-state index in [9.17, 15) is 18.3 Å². The fraction of sp³-hybridized carbons (Fsp3) is 0.211. The molecule has 2 N–H and O–H groups in total. The predicted octanol–water partition coefficient (Wildman–Crippen LogP) is 4.56. The number of aromatic nitrogens is 3. The number of nitrogens with one attached hydrogen (secondary N) is 1. The Morgan fingerprint density at radius 2 is 1.86 bits per heavy atom. The Morgan fingerprint density at radius 1 is 1.10 bits per heavy atom. The van der Waals surface area contributed by atoms with E-state index in [0.717, 1.165) is 17.7 Å². The van der Waals surface area contributed by atoms with E-state index in [4.69, 9.17) is 11.6 Å². The van der Waals surface area contributed by atoms with Crippen LogP contribution in [0.2, 0.25) is 5.02 Å². The molecule has 0 bridgehead atoms. The largest absolute Gasteiger partial charge is 0.479 e. The van der Waals surface area contributed by atoms with Crippen molar-refractivity contribution in [3.63, 3.8) is 0 Å². The molecule has 1 aromatic carbocycles. The molecule has 0 fully saturated rings. The van der Waals surface area contributed by atoms with Crippen LogP contribution >= 0.6 is 11.6 Å². The molecule has 0 amide bonds. The van der Waals surface area contributed by atoms with Crippen molar-refractivity contribution in [3.8, 4) is 6.01 Å². The Kier molecular flexibility index (Phi) is 4.91. The number of pyridine rings is 1. The van der Waals surface area contributed by atoms with Gasteiger partial charge in [0.1, 0.15) is 11.6 Å². The third-order valence-electron chi connectivity index (χ3n) is 4.57. The molecule has 0 radical (unpaired) electrons. The highest BCUT2D eigenvalue weighted by Crippen LogP contribution is 2.33. The van der Waals surface area contributed by atoms with Gasteiger partial charge in [0.25, 0.3) is 0 Å². The van der Waals surface area contributed by atoms with Crippen LogP contribution in [0.5, 0.6) is 6.01 Å². The van der Waals surface area contributed by atoms with Gasteiger partial charge in [-0.3, -0.25) is 0 Å². The first-order valence-electron chi connectivity index (χ1n) is 8.70. The van der Waals surface area contributed by atoms with Gasteiger partial charge in [0.15, 0.2) is 0 Å². The topological polar surface area (TPSA) is 74.2 Å². The van der Waals surface area contributed by atoms with E-state index < -0.39 is 17.8 Å². The Bertz CT molecular complexity index is 1040. The second-order valence-electron chi connectivity index (χ2n) is 6.48. The lowest BCUT2D eigenvalue weighted by Gasteiger charge is -2.30. The summed E-state index contributed by atoms with van der Waals surface area (Å²) in [6.07, 6.45) is -2.21. The molecule has 150 valence electrons. The van der Waals surface area contributed by atoms with E-state index in [-0.39, 0.29) is 0 Å². The summed E-state index contributed by atoms with van der Waals surface area (Å²) in [7, 11) is 0. The minimum atomic E-state index is -4.40. The Balaban J connectivity index is 1.60. The van der Waals surface area contributed by atoms with Gasteiger partial charge in [0.2, 0.25) is 0 Å². The molecule has 2 aromatic heterocycles. The minimum absolute atomic E-state index is 0.360. The van der Waals surface area contributed by atoms with E-state index in [1.165, 1.54) is 12.1 Å². The minimum Gasteiger partial charge on any atom is -0.479 e. The molecule has 0 spiro atoms. The number of aromatic hydroxyl groups is 1. The van der Waals surface area contributed by atoms with Crippen LogP contribution in [0.3, 0.4) is 0 Å². The van der Waals surface area contributed by atoms with Crippen LogP contribution in [0.4, 0.5) is 30.5 Å². The van der Waals surface area contributed by atoms with Gasteiger partial charge in [-0.2, -0.15) is 23.1 Å². The number of fused-ring (bicyclic) bond motifs is 1. The molecule has 0 aliphatic carbocycles. The SMILES string of the molecule is Oc1nc2c(c(Nc3ccc(C(F)(F)F)cc3)n1)CCN(c1ncccc1Cl)C2. The van der Waals surface area contributed by atoms with Crippen molar-refractivity contribution >= 4 is 28.9 Å². The molecular weight excluding hydrogens is 407 g/mol. The van der Waals surface area contributed by atoms with Crippen LogP contribution < -0.4 is 10.2 Å². The van der Waals surface area contributed by atoms with E-state index in [2.05, 4.69) is 20.3 Å². The highest BCUT2D eigenvalue weighted by molar-refractivity contribution is 6.32. The highest BCUT2D eigenvalue weighted by Gasteiger charge is 2.30. The molecule has 1 aliphatic rings. The maximum Gasteiger partial charge on any atom is 0.416 e. The molecular formula is C19H15ClF3N5O. The Hall–Kier alpha value is -3.07. The molecule has 3 aromatic rings. The van der Waals surface area contributed by atoms with Crippen molar-refractivity contribution in [2.45, 2.75) is 19.1 Å². The van der Waals surface area contributed by atoms with Crippen molar-refractivity contribution in [1.82, 2.24) is 15.0 Å². The van der Waals surface area contributed by atoms with Gasteiger partial charge < -0.3 is 15.3 Å². The lowest BCUT2D eigenvalue weighted by atomic mass is 10.1. The zero-order chi connectivity index (χ0) is 20.6. The summed E-state index contributed by atoms with van der Waals surface area (Å²) >= 11 is 6.22. The van der Waals surface area contributed by atoms with Gasteiger partial charge >= 0.3 is 12.2 Å². The molecule has 0 atom stereocenters. The van der Waals surface area contributed by atoms with Crippen molar-refractivity contribution in [2.24, 2.45) is 0 Å². The average Bonchev–Trinajstić information content (AvgIpc) is 2.67. The zero-order valence-electron chi connectivity index (χ0n) is 14.9. The van der Waals surface area contributed by atoms with E-state index >= 15 is 0 Å². The molecule has 3 heterocycles. The third-order valence-corrected chi connectivity index (χ3v) is 4.86. The number of anilines is 3. The van der Waals surface area contributed by atoms with Gasteiger partial charge in [-0.25, -0.2) is 4.98 Å². The molecule has 0 saturated carbocycles. The quantitative estimate of drug-likeness (QED) is 0.646. The fourth-order valence-corrected chi connectivity index (χ4v) is 3.43. The maximum atomic E-state index is 12.7. The van der Waals surface area contributed by atoms with E-state index in [0.29, 0.717) is 47.6 Å². The summed E-state index contributed by atoms with van der Waals surface area (Å²) in [6.45, 7) is 0.962. The number of benzene rings is 1. The smallest absolute Gasteiger partial charge is 0.416 e. The molecule has 0 saturated heterocycles. The first-order chi connectivity index (χ1) is 13.8. The maximum absolute atomic E-state index is 12.7. The monoisotopic (exact) mass is 421 g/mol. The average molecular weight is 422 g/mol. The molecule has 0 unspecified atom stereocenters. The Labute approximate surface area is 169 Å². The summed E-state index contributed by atoms with van der Waals surface area (Å²) < 4.78 is 38.2. The second kappa shape index (κ2) is 7.40. The zero-order valence-corrected chi connectivity index (χ0v) is 15.7. The van der Waals surface area contributed by atoms with E-state index in [1.807, 2.05) is 4.90 Å². The Morgan fingerprint density at radius 3 is 2.55 bits per heavy atom. The van der Waals surface area contributed by atoms with E-state index in [1.54, 1.807) is 18.3 Å². The normalized spacial score (nSPS) is 13.9. The standard InChI is InChI=1S/C19H15ClF3N5O/c20-14-2-1-8-24-17(14)28-9-7-13-15(10-28)26-18(29)27-16(13)25-12-5-3-11(4-6-12)19(21,22)23/h1-6,8H,7,9-10H2,(H2,25,26,27,29). The summed E-state index contributed by atoms with van der Waals surface area (Å²) in [4.78, 5) is 14.4. The molecule has 10 heteroatoms. The lowest BCUT2D eigenvalue weighted by Crippen LogP contribution is -2.32. The van der Waals surface area contributed by atoms with Gasteiger partial charge in [0, 0.05) is 24.0 Å². The van der Waals surface area contributed by atoms with Crippen molar-refractivity contribution in [2.75, 3.05) is 16.8 Å². The van der Waals surface area contributed by atoms with Gasteiger partial charge in [-0.15, -0.1) is 0 Å². The summed E-state index contributed by atoms with van der Waals surface area (Å²) in [5, 5.41) is 13.4. The summed E-state index contributed by atoms with van der Waals surface area (Å²) in [5.74, 6) is 0.981. The van der Waals surface area contributed by atoms with Crippen LogP contribution in [-0.2, 0) is 19.1 Å². The number of nitrogens with zero attached hydrogens (tertiary/aromatic N) is 4. The van der Waals surface area contributed by atoms with Crippen molar-refractivity contribution in [1.29, 1.82) is 0 Å². The van der Waals surface area contributed by atoms with Crippen molar-refractivity contribution in [3.05, 3.63) is 64.4 Å². The summed E-state index contributed by atoms with van der Waals surface area (Å²) in [6, 6.07) is 7.67. The van der Waals surface area contributed by atoms with Crippen LogP contribution in [0.25, 0.3) is 0 Å². The van der Waals surface area contributed by atoms with Crippen LogP contribution in [0.1, 0.15) is 16.8 Å². The summed E-state index contributed by atoms with van der Waals surface area (Å²) in [5.41, 5.74) is 1.07. The van der Waals surface area contributed by atoms with Gasteiger partial charge in [-0.1, -0.05) is 11.6 Å². The highest BCUT2D eigenvalue weighted by atomic mass is 35.5. The predicted molar refractivity (Wildman–Crippen MR) is 102 cm³/mol. The van der Waals surface area contributed by atoms with Crippen LogP contribution in [0.15, 0.2) is 42.6 Å². The number of hydrogen-bond donors (Lipinski definition) is 2. The molecule has 1 aliphatic heterocycles. The number of alkyl halides is 3. The third kappa shape index (κ3) is 4.04. The van der Waals surface area contributed by atoms with Gasteiger partial charge in [-0.05, 0) is 42.8 Å². The second-order valence-corrected chi connectivity index (χ2v) is 6.89. The number of hydrogen-bond acceptors (Lipinski definition) is 6. The first-order valence-corrected chi connectivity index (χ1v) is 9.07. The van der Waals surface area contributed by atoms with Crippen molar-refractivity contribution < 1.29 is 18.3 Å². The molecule has 29 heavy (non-hydrogen) atoms. The lowest BCUT2D eigenvalue weighted by molar-refractivity contribution is -0.137. The van der Waals surface area contributed by atoms with Gasteiger partial charge in [0.05, 0.1) is 22.8 Å². The first kappa shape index (κ1) is 19.3. The number of rotatable bonds is 3. The molecule has 6 nitrogen and oxygen atoms in total. The molecule has 4 rings (SSSR count). The fourth-order valence-electron chi connectivity index (χ4n) is 3.19. The number of halogens is 4. The van der Waals surface area contributed by atoms with Crippen LogP contribution in [-0.4, -0.2) is 26.6 Å². The van der Waals surface area contributed by atoms with Crippen LogP contribution in [0, 0.1) is 0 Å².